The van der Waals surface area contributed by atoms with Crippen molar-refractivity contribution in [1.82, 2.24) is 24.9 Å². The fourth-order valence-corrected chi connectivity index (χ4v) is 1.77. The van der Waals surface area contributed by atoms with Crippen LogP contribution in [0.1, 0.15) is 5.56 Å². The molecule has 0 aliphatic carbocycles. The molecule has 1 atom stereocenters. The molecule has 2 aromatic rings. The van der Waals surface area contributed by atoms with Gasteiger partial charge >= 0.3 is 5.69 Å². The molecule has 0 aliphatic rings. The third-order valence-electron chi connectivity index (χ3n) is 2.70. The van der Waals surface area contributed by atoms with E-state index in [1.807, 2.05) is 13.2 Å². The molecule has 2 rings (SSSR count). The number of nitrogens with one attached hydrogen (secondary N) is 1. The van der Waals surface area contributed by atoms with Crippen LogP contribution in [0.4, 0.5) is 5.69 Å². The largest absolute Gasteiger partial charge is 0.390 e. The van der Waals surface area contributed by atoms with E-state index < -0.39 is 11.0 Å². The average Bonchev–Trinajstić information content (AvgIpc) is 2.99. The van der Waals surface area contributed by atoms with Crippen molar-refractivity contribution in [2.24, 2.45) is 7.05 Å². The first-order chi connectivity index (χ1) is 9.54. The molecule has 0 spiro atoms. The molecule has 0 radical (unpaired) electrons. The Morgan fingerprint density at radius 1 is 1.45 bits per heavy atom. The molecule has 0 saturated heterocycles. The summed E-state index contributed by atoms with van der Waals surface area (Å²) < 4.78 is 3.06. The van der Waals surface area contributed by atoms with Gasteiger partial charge in [-0.15, -0.1) is 0 Å². The number of nitrogens with zero attached hydrogens (tertiary/aromatic N) is 5. The SMILES string of the molecule is Cn1cc(CNCC(O)Cn2cc([N+](=O)[O-])cn2)cn1. The van der Waals surface area contributed by atoms with E-state index >= 15 is 0 Å². The quantitative estimate of drug-likeness (QED) is 0.531. The fraction of sp³-hybridized carbons (Fsp3) is 0.455. The summed E-state index contributed by atoms with van der Waals surface area (Å²) in [7, 11) is 1.84. The summed E-state index contributed by atoms with van der Waals surface area (Å²) in [6, 6.07) is 0. The van der Waals surface area contributed by atoms with Gasteiger partial charge in [-0.05, 0) is 0 Å². The number of rotatable bonds is 7. The van der Waals surface area contributed by atoms with Crippen molar-refractivity contribution >= 4 is 5.69 Å². The minimum Gasteiger partial charge on any atom is -0.390 e. The Hall–Kier alpha value is -2.26. The van der Waals surface area contributed by atoms with Crippen LogP contribution < -0.4 is 5.32 Å². The van der Waals surface area contributed by atoms with Gasteiger partial charge in [-0.2, -0.15) is 10.2 Å². The monoisotopic (exact) mass is 280 g/mol. The van der Waals surface area contributed by atoms with Crippen LogP contribution in [0.15, 0.2) is 24.8 Å². The summed E-state index contributed by atoms with van der Waals surface area (Å²) >= 11 is 0. The molecule has 9 heteroatoms. The predicted octanol–water partition coefficient (Wildman–Crippen LogP) is -0.325. The van der Waals surface area contributed by atoms with E-state index in [-0.39, 0.29) is 12.2 Å². The van der Waals surface area contributed by atoms with Crippen LogP contribution in [0.2, 0.25) is 0 Å². The van der Waals surface area contributed by atoms with Gasteiger partial charge in [-0.25, -0.2) is 0 Å². The van der Waals surface area contributed by atoms with E-state index in [4.69, 9.17) is 0 Å². The molecule has 0 bridgehead atoms. The Morgan fingerprint density at radius 2 is 2.25 bits per heavy atom. The second kappa shape index (κ2) is 6.26. The van der Waals surface area contributed by atoms with Crippen molar-refractivity contribution < 1.29 is 10.0 Å². The highest BCUT2D eigenvalue weighted by Crippen LogP contribution is 2.08. The van der Waals surface area contributed by atoms with E-state index in [0.717, 1.165) is 11.8 Å². The summed E-state index contributed by atoms with van der Waals surface area (Å²) in [6.45, 7) is 1.17. The normalized spacial score (nSPS) is 12.5. The molecule has 0 aliphatic heterocycles. The second-order valence-corrected chi connectivity index (χ2v) is 4.48. The molecule has 2 aromatic heterocycles. The molecule has 0 aromatic carbocycles. The predicted molar refractivity (Wildman–Crippen MR) is 69.8 cm³/mol. The first-order valence-electron chi connectivity index (χ1n) is 6.08. The zero-order valence-electron chi connectivity index (χ0n) is 11.0. The van der Waals surface area contributed by atoms with Crippen LogP contribution in [0.3, 0.4) is 0 Å². The first kappa shape index (κ1) is 14.2. The van der Waals surface area contributed by atoms with Gasteiger partial charge < -0.3 is 10.4 Å². The minimum absolute atomic E-state index is 0.0829. The molecule has 20 heavy (non-hydrogen) atoms. The second-order valence-electron chi connectivity index (χ2n) is 4.48. The minimum atomic E-state index is -0.675. The Labute approximate surface area is 115 Å². The maximum Gasteiger partial charge on any atom is 0.306 e. The summed E-state index contributed by atoms with van der Waals surface area (Å²) in [5.41, 5.74) is 0.940. The average molecular weight is 280 g/mol. The van der Waals surface area contributed by atoms with Crippen molar-refractivity contribution in [2.45, 2.75) is 19.2 Å². The smallest absolute Gasteiger partial charge is 0.306 e. The van der Waals surface area contributed by atoms with Crippen molar-refractivity contribution in [3.63, 3.8) is 0 Å². The standard InChI is InChI=1S/C11H16N6O3/c1-15-6-9(3-13-15)2-12-5-11(18)8-16-7-10(4-14-16)17(19)20/h3-4,6-7,11-12,18H,2,5,8H2,1H3. The molecular weight excluding hydrogens is 264 g/mol. The first-order valence-corrected chi connectivity index (χ1v) is 6.08. The van der Waals surface area contributed by atoms with Gasteiger partial charge in [0.2, 0.25) is 0 Å². The fourth-order valence-electron chi connectivity index (χ4n) is 1.77. The maximum absolute atomic E-state index is 10.5. The van der Waals surface area contributed by atoms with Crippen LogP contribution in [-0.2, 0) is 20.1 Å². The molecule has 9 nitrogen and oxygen atoms in total. The number of aliphatic hydroxyl groups is 1. The third-order valence-corrected chi connectivity index (χ3v) is 2.70. The Bertz CT molecular complexity index is 578. The number of hydrogen-bond donors (Lipinski definition) is 2. The molecule has 2 heterocycles. The van der Waals surface area contributed by atoms with Crippen LogP contribution in [0.5, 0.6) is 0 Å². The number of hydrogen-bond acceptors (Lipinski definition) is 6. The van der Waals surface area contributed by atoms with Crippen molar-refractivity contribution in [3.8, 4) is 0 Å². The number of aromatic nitrogens is 4. The third kappa shape index (κ3) is 3.87. The molecule has 0 amide bonds. The van der Waals surface area contributed by atoms with Gasteiger partial charge in [-0.3, -0.25) is 19.5 Å². The lowest BCUT2D eigenvalue weighted by atomic mass is 10.3. The van der Waals surface area contributed by atoms with Gasteiger partial charge in [-0.1, -0.05) is 0 Å². The topological polar surface area (TPSA) is 111 Å². The van der Waals surface area contributed by atoms with Crippen molar-refractivity contribution in [3.05, 3.63) is 40.5 Å². The van der Waals surface area contributed by atoms with Crippen molar-refractivity contribution in [2.75, 3.05) is 6.54 Å². The van der Waals surface area contributed by atoms with E-state index in [2.05, 4.69) is 15.5 Å². The number of aryl methyl sites for hydroxylation is 1. The molecule has 0 saturated carbocycles. The van der Waals surface area contributed by atoms with E-state index in [1.54, 1.807) is 10.9 Å². The maximum atomic E-state index is 10.5. The molecule has 0 fully saturated rings. The Morgan fingerprint density at radius 3 is 2.85 bits per heavy atom. The summed E-state index contributed by atoms with van der Waals surface area (Å²) in [4.78, 5) is 9.98. The van der Waals surface area contributed by atoms with Gasteiger partial charge in [0.1, 0.15) is 12.4 Å². The van der Waals surface area contributed by atoms with Crippen LogP contribution in [-0.4, -0.2) is 42.2 Å². The van der Waals surface area contributed by atoms with E-state index in [0.29, 0.717) is 13.1 Å². The highest BCUT2D eigenvalue weighted by atomic mass is 16.6. The number of aliphatic hydroxyl groups excluding tert-OH is 1. The van der Waals surface area contributed by atoms with Crippen molar-refractivity contribution in [1.29, 1.82) is 0 Å². The van der Waals surface area contributed by atoms with E-state index in [1.165, 1.54) is 10.9 Å². The molecule has 1 unspecified atom stereocenters. The Balaban J connectivity index is 1.74. The number of nitro groups is 1. The lowest BCUT2D eigenvalue weighted by Crippen LogP contribution is -2.30. The summed E-state index contributed by atoms with van der Waals surface area (Å²) in [6.07, 6.45) is 5.42. The van der Waals surface area contributed by atoms with Crippen LogP contribution in [0.25, 0.3) is 0 Å². The molecule has 108 valence electrons. The summed E-state index contributed by atoms with van der Waals surface area (Å²) in [5.74, 6) is 0. The zero-order chi connectivity index (χ0) is 14.5. The van der Waals surface area contributed by atoms with Crippen LogP contribution >= 0.6 is 0 Å². The highest BCUT2D eigenvalue weighted by Gasteiger charge is 2.11. The van der Waals surface area contributed by atoms with Gasteiger partial charge in [0.25, 0.3) is 0 Å². The summed E-state index contributed by atoms with van der Waals surface area (Å²) in [5, 5.41) is 31.3. The molecule has 2 N–H and O–H groups in total. The van der Waals surface area contributed by atoms with Gasteiger partial charge in [0.05, 0.1) is 23.8 Å². The van der Waals surface area contributed by atoms with Crippen LogP contribution in [0, 0.1) is 10.1 Å². The van der Waals surface area contributed by atoms with E-state index in [9.17, 15) is 15.2 Å². The lowest BCUT2D eigenvalue weighted by molar-refractivity contribution is -0.385. The highest BCUT2D eigenvalue weighted by molar-refractivity contribution is 5.20. The zero-order valence-corrected chi connectivity index (χ0v) is 11.0. The molecular formula is C11H16N6O3. The van der Waals surface area contributed by atoms with Gasteiger partial charge in [0, 0.05) is 31.9 Å². The van der Waals surface area contributed by atoms with Gasteiger partial charge in [0.15, 0.2) is 0 Å². The Kier molecular flexibility index (Phi) is 4.43. The lowest BCUT2D eigenvalue weighted by Gasteiger charge is -2.11.